The van der Waals surface area contributed by atoms with E-state index in [0.717, 1.165) is 0 Å². The number of rotatable bonds is 9. The van der Waals surface area contributed by atoms with Gasteiger partial charge < -0.3 is 29.7 Å². The van der Waals surface area contributed by atoms with Gasteiger partial charge in [0.15, 0.2) is 0 Å². The van der Waals surface area contributed by atoms with E-state index in [1.165, 1.54) is 7.11 Å². The summed E-state index contributed by atoms with van der Waals surface area (Å²) in [6.07, 6.45) is 0. The fourth-order valence-electron chi connectivity index (χ4n) is 4.97. The zero-order chi connectivity index (χ0) is 28.0. The van der Waals surface area contributed by atoms with E-state index in [0.29, 0.717) is 61.1 Å². The van der Waals surface area contributed by atoms with E-state index in [2.05, 4.69) is 15.5 Å². The van der Waals surface area contributed by atoms with Gasteiger partial charge in [-0.05, 0) is 46.8 Å². The van der Waals surface area contributed by atoms with Gasteiger partial charge in [-0.25, -0.2) is 14.4 Å². The molecule has 0 aliphatic carbocycles. The minimum atomic E-state index is -0.768. The van der Waals surface area contributed by atoms with E-state index in [9.17, 15) is 14.4 Å². The van der Waals surface area contributed by atoms with Crippen LogP contribution >= 0.6 is 0 Å². The first kappa shape index (κ1) is 29.1. The molecular formula is C27H41N5O6. The van der Waals surface area contributed by atoms with Crippen molar-refractivity contribution in [3.05, 3.63) is 35.0 Å². The number of esters is 1. The molecule has 210 valence electrons. The molecule has 1 aromatic carbocycles. The Morgan fingerprint density at radius 2 is 1.89 bits per heavy atom. The summed E-state index contributed by atoms with van der Waals surface area (Å²) < 4.78 is 16.4. The minimum Gasteiger partial charge on any atom is -0.497 e. The fourth-order valence-corrected chi connectivity index (χ4v) is 4.97. The molecule has 0 unspecified atom stereocenters. The third-order valence-electron chi connectivity index (χ3n) is 6.76. The van der Waals surface area contributed by atoms with E-state index < -0.39 is 12.0 Å². The summed E-state index contributed by atoms with van der Waals surface area (Å²) in [4.78, 5) is 44.9. The number of nitrogens with one attached hydrogen (secondary N) is 2. The summed E-state index contributed by atoms with van der Waals surface area (Å²) in [7, 11) is 3.09. The number of hydrogen-bond acceptors (Lipinski definition) is 7. The van der Waals surface area contributed by atoms with Crippen LogP contribution < -0.4 is 20.1 Å². The highest BCUT2D eigenvalue weighted by Crippen LogP contribution is 2.38. The van der Waals surface area contributed by atoms with Crippen molar-refractivity contribution in [3.8, 4) is 11.5 Å². The van der Waals surface area contributed by atoms with Gasteiger partial charge in [-0.2, -0.15) is 0 Å². The summed E-state index contributed by atoms with van der Waals surface area (Å²) in [5, 5.41) is 5.94. The number of likely N-dealkylation sites (N-methyl/N-ethyl adjacent to an activating group) is 1. The van der Waals surface area contributed by atoms with Crippen LogP contribution in [-0.4, -0.2) is 98.4 Å². The number of carbonyl (C=O) groups is 3. The first-order valence-corrected chi connectivity index (χ1v) is 13.1. The predicted molar refractivity (Wildman–Crippen MR) is 143 cm³/mol. The third-order valence-corrected chi connectivity index (χ3v) is 6.76. The Bertz CT molecular complexity index is 1060. The molecule has 0 bridgehead atoms. The normalized spacial score (nSPS) is 20.4. The smallest absolute Gasteiger partial charge is 0.338 e. The topological polar surface area (TPSA) is 113 Å². The lowest BCUT2D eigenvalue weighted by atomic mass is 9.93. The quantitative estimate of drug-likeness (QED) is 0.471. The van der Waals surface area contributed by atoms with E-state index in [1.807, 2.05) is 32.6 Å². The van der Waals surface area contributed by atoms with E-state index in [1.54, 1.807) is 37.1 Å². The fraction of sp³-hybridized carbons (Fsp3) is 0.593. The van der Waals surface area contributed by atoms with Crippen molar-refractivity contribution >= 4 is 18.0 Å². The van der Waals surface area contributed by atoms with Crippen LogP contribution in [0.25, 0.3) is 0 Å². The molecular weight excluding hydrogens is 490 g/mol. The van der Waals surface area contributed by atoms with Crippen molar-refractivity contribution in [3.63, 3.8) is 0 Å². The molecule has 0 saturated carbocycles. The summed E-state index contributed by atoms with van der Waals surface area (Å²) in [6.45, 7) is 12.2. The summed E-state index contributed by atoms with van der Waals surface area (Å²) in [6, 6.07) is 4.13. The SMILES string of the molecule is CCOC(=O)C1=C(CN2CCN(C(=O)NC(C)C)[C@@H](C)C2)N(CC)C(=O)N[C@@H]1c1ccc(OC)cc1OC. The number of hydrogen-bond donors (Lipinski definition) is 2. The molecule has 0 spiro atoms. The molecule has 1 aromatic rings. The number of nitrogens with zero attached hydrogens (tertiary/aromatic N) is 3. The monoisotopic (exact) mass is 531 g/mol. The van der Waals surface area contributed by atoms with Gasteiger partial charge in [-0.15, -0.1) is 0 Å². The standard InChI is InChI=1S/C27H41N5O6/c1-8-31-21(16-30-12-13-32(18(5)15-30)26(34)28-17(3)4)23(25(33)38-9-2)24(29-27(31)35)20-11-10-19(36-6)14-22(20)37-7/h10-11,14,17-18,24H,8-9,12-13,15-16H2,1-7H3,(H,28,34)(H,29,35)/t18-,24+/m0/s1. The molecule has 1 fully saturated rings. The average molecular weight is 532 g/mol. The highest BCUT2D eigenvalue weighted by molar-refractivity contribution is 5.95. The van der Waals surface area contributed by atoms with Crippen LogP contribution in [0, 0.1) is 0 Å². The molecule has 2 aliphatic heterocycles. The Hall–Kier alpha value is -3.47. The summed E-state index contributed by atoms with van der Waals surface area (Å²) in [5.41, 5.74) is 1.58. The molecule has 11 nitrogen and oxygen atoms in total. The molecule has 0 radical (unpaired) electrons. The average Bonchev–Trinajstić information content (AvgIpc) is 2.87. The van der Waals surface area contributed by atoms with Crippen molar-refractivity contribution in [1.29, 1.82) is 0 Å². The van der Waals surface area contributed by atoms with Crippen LogP contribution in [0.2, 0.25) is 0 Å². The zero-order valence-electron chi connectivity index (χ0n) is 23.5. The van der Waals surface area contributed by atoms with E-state index in [-0.39, 0.29) is 30.8 Å². The Balaban J connectivity index is 2.01. The van der Waals surface area contributed by atoms with Crippen LogP contribution in [0.15, 0.2) is 29.5 Å². The van der Waals surface area contributed by atoms with Gasteiger partial charge in [0.2, 0.25) is 0 Å². The predicted octanol–water partition coefficient (Wildman–Crippen LogP) is 2.73. The van der Waals surface area contributed by atoms with Gasteiger partial charge >= 0.3 is 18.0 Å². The molecule has 2 N–H and O–H groups in total. The summed E-state index contributed by atoms with van der Waals surface area (Å²) in [5.74, 6) is 0.587. The van der Waals surface area contributed by atoms with Gasteiger partial charge in [-0.1, -0.05) is 0 Å². The minimum absolute atomic E-state index is 0.0425. The Morgan fingerprint density at radius 1 is 1.16 bits per heavy atom. The van der Waals surface area contributed by atoms with Crippen LogP contribution in [0.3, 0.4) is 0 Å². The molecule has 11 heteroatoms. The molecule has 4 amide bonds. The van der Waals surface area contributed by atoms with Crippen LogP contribution in [-0.2, 0) is 9.53 Å². The first-order valence-electron chi connectivity index (χ1n) is 13.1. The molecule has 38 heavy (non-hydrogen) atoms. The highest BCUT2D eigenvalue weighted by atomic mass is 16.5. The second-order valence-corrected chi connectivity index (χ2v) is 9.70. The van der Waals surface area contributed by atoms with E-state index in [4.69, 9.17) is 14.2 Å². The maximum Gasteiger partial charge on any atom is 0.338 e. The second-order valence-electron chi connectivity index (χ2n) is 9.70. The van der Waals surface area contributed by atoms with E-state index >= 15 is 0 Å². The molecule has 2 atom stereocenters. The van der Waals surface area contributed by atoms with Gasteiger partial charge in [0.25, 0.3) is 0 Å². The number of methoxy groups -OCH3 is 2. The lowest BCUT2D eigenvalue weighted by Crippen LogP contribution is -2.58. The van der Waals surface area contributed by atoms with Crippen molar-refractivity contribution in [2.75, 3.05) is 53.6 Å². The van der Waals surface area contributed by atoms with Crippen molar-refractivity contribution in [1.82, 2.24) is 25.3 Å². The van der Waals surface area contributed by atoms with Gasteiger partial charge in [-0.3, -0.25) is 9.80 Å². The number of amides is 4. The first-order chi connectivity index (χ1) is 18.1. The highest BCUT2D eigenvalue weighted by Gasteiger charge is 2.40. The van der Waals surface area contributed by atoms with Gasteiger partial charge in [0, 0.05) is 62.1 Å². The second kappa shape index (κ2) is 12.9. The molecule has 0 aromatic heterocycles. The van der Waals surface area contributed by atoms with Crippen LogP contribution in [0.5, 0.6) is 11.5 Å². The number of urea groups is 2. The Kier molecular flexibility index (Phi) is 9.84. The number of piperazine rings is 1. The van der Waals surface area contributed by atoms with Crippen molar-refractivity contribution in [2.24, 2.45) is 0 Å². The molecule has 2 heterocycles. The molecule has 1 saturated heterocycles. The Labute approximate surface area is 225 Å². The zero-order valence-corrected chi connectivity index (χ0v) is 23.5. The lowest BCUT2D eigenvalue weighted by Gasteiger charge is -2.43. The summed E-state index contributed by atoms with van der Waals surface area (Å²) >= 11 is 0. The lowest BCUT2D eigenvalue weighted by molar-refractivity contribution is -0.139. The number of ether oxygens (including phenoxy) is 3. The maximum absolute atomic E-state index is 13.4. The van der Waals surface area contributed by atoms with Crippen molar-refractivity contribution in [2.45, 2.75) is 52.7 Å². The van der Waals surface area contributed by atoms with Gasteiger partial charge in [0.1, 0.15) is 11.5 Å². The maximum atomic E-state index is 13.4. The van der Waals surface area contributed by atoms with Crippen LogP contribution in [0.1, 0.15) is 46.2 Å². The number of benzene rings is 1. The molecule has 2 aliphatic rings. The van der Waals surface area contributed by atoms with Gasteiger partial charge in [0.05, 0.1) is 32.4 Å². The number of carbonyl (C=O) groups excluding carboxylic acids is 3. The Morgan fingerprint density at radius 3 is 2.47 bits per heavy atom. The molecule has 3 rings (SSSR count). The largest absolute Gasteiger partial charge is 0.497 e. The van der Waals surface area contributed by atoms with Crippen molar-refractivity contribution < 1.29 is 28.6 Å². The van der Waals surface area contributed by atoms with Crippen LogP contribution in [0.4, 0.5) is 9.59 Å². The third kappa shape index (κ3) is 6.32.